The molecule has 12 nitrogen and oxygen atoms in total. The van der Waals surface area contributed by atoms with Crippen molar-refractivity contribution in [2.45, 2.75) is 57.5 Å². The zero-order chi connectivity index (χ0) is 26.5. The van der Waals surface area contributed by atoms with Crippen LogP contribution in [0.3, 0.4) is 0 Å². The summed E-state index contributed by atoms with van der Waals surface area (Å²) in [4.78, 5) is 23.8. The molecule has 1 saturated heterocycles. The molecule has 5 N–H and O–H groups in total. The van der Waals surface area contributed by atoms with E-state index in [0.29, 0.717) is 0 Å². The fraction of sp³-hybridized carbons (Fsp3) is 0.435. The van der Waals surface area contributed by atoms with E-state index in [1.54, 1.807) is 44.2 Å². The molecule has 1 aromatic carbocycles. The first-order chi connectivity index (χ1) is 17.0. The smallest absolute Gasteiger partial charge is 0.459 e. The van der Waals surface area contributed by atoms with Gasteiger partial charge in [-0.15, -0.1) is 0 Å². The quantitative estimate of drug-likeness (QED) is 0.187. The molecule has 1 fully saturated rings. The molecule has 1 aliphatic rings. The Labute approximate surface area is 208 Å². The van der Waals surface area contributed by atoms with Crippen molar-refractivity contribution in [3.63, 3.8) is 0 Å². The number of para-hydroxylation sites is 1. The Balaban J connectivity index is 1.74. The highest BCUT2D eigenvalue weighted by Gasteiger charge is 2.49. The number of carbonyl (C=O) groups is 2. The minimum atomic E-state index is -4.20. The molecule has 0 radical (unpaired) electrons. The minimum absolute atomic E-state index is 0.176. The number of amides is 1. The van der Waals surface area contributed by atoms with Crippen molar-refractivity contribution in [2.24, 2.45) is 5.73 Å². The molecule has 2 heterocycles. The Hall–Kier alpha value is -2.86. The van der Waals surface area contributed by atoms with Crippen molar-refractivity contribution in [1.82, 2.24) is 5.09 Å². The van der Waals surface area contributed by atoms with Gasteiger partial charge in [-0.25, -0.2) is 4.57 Å². The maximum absolute atomic E-state index is 13.6. The number of nitrogens with two attached hydrogens (primary N) is 1. The Morgan fingerprint density at radius 1 is 1.14 bits per heavy atom. The molecule has 2 unspecified atom stereocenters. The van der Waals surface area contributed by atoms with Crippen molar-refractivity contribution < 1.29 is 47.5 Å². The normalized spacial score (nSPS) is 24.2. The number of hydrogen-bond acceptors (Lipinski definition) is 9. The van der Waals surface area contributed by atoms with Gasteiger partial charge in [0.15, 0.2) is 18.5 Å². The van der Waals surface area contributed by atoms with Crippen molar-refractivity contribution >= 4 is 19.6 Å². The highest BCUT2D eigenvalue weighted by molar-refractivity contribution is 7.52. The van der Waals surface area contributed by atoms with Crippen LogP contribution in [0.5, 0.6) is 5.75 Å². The van der Waals surface area contributed by atoms with E-state index in [9.17, 15) is 24.4 Å². The van der Waals surface area contributed by atoms with Crippen LogP contribution in [0.25, 0.3) is 0 Å². The summed E-state index contributed by atoms with van der Waals surface area (Å²) in [5, 5.41) is 23.6. The lowest BCUT2D eigenvalue weighted by molar-refractivity contribution is -0.765. The number of ether oxygens (including phenoxy) is 2. The van der Waals surface area contributed by atoms with Gasteiger partial charge in [0.05, 0.1) is 12.7 Å². The summed E-state index contributed by atoms with van der Waals surface area (Å²) in [7, 11) is -4.20. The molecule has 1 aromatic heterocycles. The second kappa shape index (κ2) is 11.9. The molecule has 1 amide bonds. The lowest BCUT2D eigenvalue weighted by atomic mass is 10.1. The Morgan fingerprint density at radius 3 is 2.47 bits per heavy atom. The van der Waals surface area contributed by atoms with Gasteiger partial charge in [0.25, 0.3) is 12.1 Å². The molecule has 0 spiro atoms. The highest BCUT2D eigenvalue weighted by Crippen LogP contribution is 2.45. The summed E-state index contributed by atoms with van der Waals surface area (Å²) in [5.74, 6) is -1.13. The van der Waals surface area contributed by atoms with Gasteiger partial charge in [-0.05, 0) is 39.0 Å². The van der Waals surface area contributed by atoms with Crippen molar-refractivity contribution in [3.05, 3.63) is 60.4 Å². The first-order valence-corrected chi connectivity index (χ1v) is 12.8. The largest absolute Gasteiger partial charge is 0.462 e. The van der Waals surface area contributed by atoms with Gasteiger partial charge in [0, 0.05) is 6.07 Å². The molecule has 1 aliphatic heterocycles. The second-order valence-electron chi connectivity index (χ2n) is 8.48. The van der Waals surface area contributed by atoms with Crippen LogP contribution in [0.1, 0.15) is 37.4 Å². The molecule has 0 aliphatic carbocycles. The Bertz CT molecular complexity index is 1100. The predicted octanol–water partition coefficient (Wildman–Crippen LogP) is 0.826. The number of esters is 1. The summed E-state index contributed by atoms with van der Waals surface area (Å²) >= 11 is 0. The zero-order valence-corrected chi connectivity index (χ0v) is 21.0. The standard InChI is InChI=1S/C23H30N3O9P/c1-14(2)33-23(30)15(3)25-36(31,35-17-9-5-4-6-10-17)32-13-18-19(27)20(28)22(34-18)26-11-7-8-16(12-26)21(24)29/h4-12,14-15,18-20,22,27-28H,13H2,1-3H3,(H2-,24,25,29,31)/p+1/t15?,18-,19-,20-,22-,36?/m1/s1. The number of hydrogen-bond donors (Lipinski definition) is 4. The van der Waals surface area contributed by atoms with Crippen molar-refractivity contribution in [1.29, 1.82) is 0 Å². The van der Waals surface area contributed by atoms with Crippen LogP contribution in [-0.2, 0) is 23.4 Å². The maximum Gasteiger partial charge on any atom is 0.459 e. The third kappa shape index (κ3) is 7.10. The molecule has 0 saturated carbocycles. The summed E-state index contributed by atoms with van der Waals surface area (Å²) in [6.45, 7) is 4.34. The Morgan fingerprint density at radius 2 is 1.83 bits per heavy atom. The molecule has 13 heteroatoms. The zero-order valence-electron chi connectivity index (χ0n) is 20.1. The van der Waals surface area contributed by atoms with E-state index in [0.717, 1.165) is 0 Å². The third-order valence-electron chi connectivity index (χ3n) is 5.17. The van der Waals surface area contributed by atoms with E-state index in [1.165, 1.54) is 36.0 Å². The average molecular weight is 524 g/mol. The van der Waals surface area contributed by atoms with Gasteiger partial charge in [-0.1, -0.05) is 18.2 Å². The number of benzene rings is 1. The van der Waals surface area contributed by atoms with Crippen LogP contribution in [0.15, 0.2) is 54.9 Å². The highest BCUT2D eigenvalue weighted by atomic mass is 31.2. The molecule has 2 aromatic rings. The van der Waals surface area contributed by atoms with E-state index in [2.05, 4.69) is 5.09 Å². The first kappa shape index (κ1) is 27.7. The van der Waals surface area contributed by atoms with Crippen LogP contribution in [-0.4, -0.2) is 59.2 Å². The fourth-order valence-corrected chi connectivity index (χ4v) is 4.92. The molecule has 0 bridgehead atoms. The van der Waals surface area contributed by atoms with Gasteiger partial charge in [-0.2, -0.15) is 9.65 Å². The average Bonchev–Trinajstić information content (AvgIpc) is 3.11. The number of nitrogens with zero attached hydrogens (tertiary/aromatic N) is 1. The molecular formula is C23H31N3O9P+. The maximum atomic E-state index is 13.6. The number of carbonyl (C=O) groups excluding carboxylic acids is 2. The number of nitrogens with one attached hydrogen (secondary N) is 1. The lowest BCUT2D eigenvalue weighted by Gasteiger charge is -2.24. The number of rotatable bonds is 11. The van der Waals surface area contributed by atoms with E-state index in [1.807, 2.05) is 0 Å². The number of primary amides is 1. The van der Waals surface area contributed by atoms with Crippen LogP contribution >= 0.6 is 7.75 Å². The summed E-state index contributed by atoms with van der Waals surface area (Å²) in [5.41, 5.74) is 5.48. The van der Waals surface area contributed by atoms with E-state index < -0.39 is 56.8 Å². The van der Waals surface area contributed by atoms with Gasteiger partial charge in [0.2, 0.25) is 0 Å². The monoisotopic (exact) mass is 524 g/mol. The molecule has 36 heavy (non-hydrogen) atoms. The lowest BCUT2D eigenvalue weighted by Crippen LogP contribution is -2.46. The number of aliphatic hydroxyl groups is 2. The topological polar surface area (TPSA) is 171 Å². The Kier molecular flexibility index (Phi) is 9.18. The van der Waals surface area contributed by atoms with Gasteiger partial charge < -0.3 is 29.9 Å². The van der Waals surface area contributed by atoms with E-state index in [-0.39, 0.29) is 17.4 Å². The minimum Gasteiger partial charge on any atom is -0.462 e. The number of aromatic nitrogens is 1. The SMILES string of the molecule is CC(C)OC(=O)C(C)NP(=O)(OC[C@H]1O[C@@H]([n+]2cccc(C(N)=O)c2)[C@H](O)[C@@H]1O)Oc1ccccc1. The second-order valence-corrected chi connectivity index (χ2v) is 10.2. The van der Waals surface area contributed by atoms with Gasteiger partial charge in [-0.3, -0.25) is 14.1 Å². The molecule has 196 valence electrons. The summed E-state index contributed by atoms with van der Waals surface area (Å²) in [6, 6.07) is 10.2. The first-order valence-electron chi connectivity index (χ1n) is 11.3. The van der Waals surface area contributed by atoms with Crippen LogP contribution in [0, 0.1) is 0 Å². The van der Waals surface area contributed by atoms with Gasteiger partial charge in [0.1, 0.15) is 29.6 Å². The van der Waals surface area contributed by atoms with Crippen LogP contribution in [0.2, 0.25) is 0 Å². The van der Waals surface area contributed by atoms with Crippen LogP contribution in [0.4, 0.5) is 0 Å². The summed E-state index contributed by atoms with van der Waals surface area (Å²) in [6.07, 6.45) is -2.50. The number of aliphatic hydroxyl groups excluding tert-OH is 2. The predicted molar refractivity (Wildman–Crippen MR) is 126 cm³/mol. The van der Waals surface area contributed by atoms with E-state index >= 15 is 0 Å². The van der Waals surface area contributed by atoms with Crippen molar-refractivity contribution in [3.8, 4) is 5.75 Å². The van der Waals surface area contributed by atoms with Crippen molar-refractivity contribution in [2.75, 3.05) is 6.61 Å². The molecule has 6 atom stereocenters. The van der Waals surface area contributed by atoms with Gasteiger partial charge >= 0.3 is 13.7 Å². The number of pyridine rings is 1. The summed E-state index contributed by atoms with van der Waals surface area (Å²) < 4.78 is 37.0. The van der Waals surface area contributed by atoms with Crippen LogP contribution < -0.4 is 19.9 Å². The van der Waals surface area contributed by atoms with E-state index in [4.69, 9.17) is 24.3 Å². The molecule has 3 rings (SSSR count). The molecular weight excluding hydrogens is 493 g/mol. The third-order valence-corrected chi connectivity index (χ3v) is 6.82. The fourth-order valence-electron chi connectivity index (χ4n) is 3.42.